The van der Waals surface area contributed by atoms with Crippen LogP contribution in [-0.2, 0) is 6.54 Å². The molecule has 4 heteroatoms. The summed E-state index contributed by atoms with van der Waals surface area (Å²) in [6.07, 6.45) is 7.17. The molecule has 88 valence electrons. The lowest BCUT2D eigenvalue weighted by Crippen LogP contribution is -2.34. The maximum absolute atomic E-state index is 5.59. The molecule has 0 spiro atoms. The molecule has 0 unspecified atom stereocenters. The van der Waals surface area contributed by atoms with E-state index in [1.54, 1.807) is 6.33 Å². The molecule has 2 rings (SSSR count). The highest BCUT2D eigenvalue weighted by Gasteiger charge is 2.18. The third-order valence-electron chi connectivity index (χ3n) is 3.31. The standard InChI is InChI=1S/C12H20N4/c13-5-1-11-3-7-16(8-4-11)9-12-2-6-14-10-15-12/h2,6,10-11H,1,3-5,7-9,13H2. The summed E-state index contributed by atoms with van der Waals surface area (Å²) in [5.41, 5.74) is 6.70. The van der Waals surface area contributed by atoms with Gasteiger partial charge in [0.1, 0.15) is 6.33 Å². The zero-order valence-corrected chi connectivity index (χ0v) is 9.68. The van der Waals surface area contributed by atoms with Gasteiger partial charge in [-0.25, -0.2) is 9.97 Å². The maximum Gasteiger partial charge on any atom is 0.115 e. The highest BCUT2D eigenvalue weighted by molar-refractivity contribution is 4.97. The summed E-state index contributed by atoms with van der Waals surface area (Å²) in [7, 11) is 0. The first-order valence-electron chi connectivity index (χ1n) is 6.06. The number of nitrogens with two attached hydrogens (primary N) is 1. The Morgan fingerprint density at radius 3 is 2.81 bits per heavy atom. The van der Waals surface area contributed by atoms with Crippen molar-refractivity contribution in [2.24, 2.45) is 11.7 Å². The Kier molecular flexibility index (Phi) is 4.25. The van der Waals surface area contributed by atoms with Gasteiger partial charge in [0, 0.05) is 12.7 Å². The first-order valence-corrected chi connectivity index (χ1v) is 6.06. The molecule has 1 fully saturated rings. The van der Waals surface area contributed by atoms with Crippen molar-refractivity contribution in [3.05, 3.63) is 24.3 Å². The topological polar surface area (TPSA) is 55.0 Å². The van der Waals surface area contributed by atoms with Crippen LogP contribution < -0.4 is 5.73 Å². The van der Waals surface area contributed by atoms with E-state index in [0.29, 0.717) is 0 Å². The normalized spacial score (nSPS) is 18.8. The first-order chi connectivity index (χ1) is 7.88. The smallest absolute Gasteiger partial charge is 0.115 e. The van der Waals surface area contributed by atoms with Crippen molar-refractivity contribution in [1.29, 1.82) is 0 Å². The van der Waals surface area contributed by atoms with Gasteiger partial charge in [-0.1, -0.05) is 0 Å². The molecule has 16 heavy (non-hydrogen) atoms. The van der Waals surface area contributed by atoms with Crippen molar-refractivity contribution in [2.45, 2.75) is 25.8 Å². The van der Waals surface area contributed by atoms with Crippen LogP contribution in [0, 0.1) is 5.92 Å². The second-order valence-electron chi connectivity index (χ2n) is 4.50. The summed E-state index contributed by atoms with van der Waals surface area (Å²) < 4.78 is 0. The molecule has 0 radical (unpaired) electrons. The fourth-order valence-corrected chi connectivity index (χ4v) is 2.31. The number of piperidine rings is 1. The van der Waals surface area contributed by atoms with Crippen LogP contribution in [0.25, 0.3) is 0 Å². The third kappa shape index (κ3) is 3.25. The molecular formula is C12H20N4. The number of likely N-dealkylation sites (tertiary alicyclic amines) is 1. The Hall–Kier alpha value is -1.00. The van der Waals surface area contributed by atoms with Crippen molar-refractivity contribution < 1.29 is 0 Å². The van der Waals surface area contributed by atoms with Gasteiger partial charge in [0.05, 0.1) is 5.69 Å². The van der Waals surface area contributed by atoms with Crippen LogP contribution in [0.1, 0.15) is 25.0 Å². The summed E-state index contributed by atoms with van der Waals surface area (Å²) in [4.78, 5) is 10.7. The van der Waals surface area contributed by atoms with E-state index in [1.807, 2.05) is 12.3 Å². The van der Waals surface area contributed by atoms with Gasteiger partial charge in [0.15, 0.2) is 0 Å². The first kappa shape index (κ1) is 11.5. The molecule has 0 bridgehead atoms. The van der Waals surface area contributed by atoms with Crippen LogP contribution in [-0.4, -0.2) is 34.5 Å². The van der Waals surface area contributed by atoms with Gasteiger partial charge in [0.2, 0.25) is 0 Å². The fourth-order valence-electron chi connectivity index (χ4n) is 2.31. The molecule has 1 aliphatic rings. The van der Waals surface area contributed by atoms with Crippen LogP contribution in [0.4, 0.5) is 0 Å². The lowest BCUT2D eigenvalue weighted by atomic mass is 9.93. The highest BCUT2D eigenvalue weighted by Crippen LogP contribution is 2.20. The van der Waals surface area contributed by atoms with E-state index < -0.39 is 0 Å². The number of aromatic nitrogens is 2. The van der Waals surface area contributed by atoms with Crippen LogP contribution in [0.15, 0.2) is 18.6 Å². The number of nitrogens with zero attached hydrogens (tertiary/aromatic N) is 3. The third-order valence-corrected chi connectivity index (χ3v) is 3.31. The zero-order chi connectivity index (χ0) is 11.2. The predicted molar refractivity (Wildman–Crippen MR) is 63.7 cm³/mol. The maximum atomic E-state index is 5.59. The Morgan fingerprint density at radius 1 is 1.38 bits per heavy atom. The summed E-state index contributed by atoms with van der Waals surface area (Å²) in [5.74, 6) is 0.839. The highest BCUT2D eigenvalue weighted by atomic mass is 15.1. The SMILES string of the molecule is NCCC1CCN(Cc2ccncn2)CC1. The monoisotopic (exact) mass is 220 g/mol. The Morgan fingerprint density at radius 2 is 2.19 bits per heavy atom. The summed E-state index contributed by atoms with van der Waals surface area (Å²) >= 11 is 0. The largest absolute Gasteiger partial charge is 0.330 e. The zero-order valence-electron chi connectivity index (χ0n) is 9.68. The lowest BCUT2D eigenvalue weighted by Gasteiger charge is -2.31. The quantitative estimate of drug-likeness (QED) is 0.823. The van der Waals surface area contributed by atoms with Gasteiger partial charge in [0.25, 0.3) is 0 Å². The lowest BCUT2D eigenvalue weighted by molar-refractivity contribution is 0.172. The number of rotatable bonds is 4. The van der Waals surface area contributed by atoms with Gasteiger partial charge in [-0.05, 0) is 50.9 Å². The second-order valence-corrected chi connectivity index (χ2v) is 4.50. The summed E-state index contributed by atoms with van der Waals surface area (Å²) in [5, 5.41) is 0. The minimum absolute atomic E-state index is 0.830. The molecule has 0 aliphatic carbocycles. The Balaban J connectivity index is 1.77. The minimum atomic E-state index is 0.830. The van der Waals surface area contributed by atoms with E-state index in [9.17, 15) is 0 Å². The van der Waals surface area contributed by atoms with E-state index in [0.717, 1.165) is 24.7 Å². The molecule has 1 aromatic heterocycles. The minimum Gasteiger partial charge on any atom is -0.330 e. The average molecular weight is 220 g/mol. The second kappa shape index (κ2) is 5.92. The molecule has 4 nitrogen and oxygen atoms in total. The molecule has 1 saturated heterocycles. The summed E-state index contributed by atoms with van der Waals surface area (Å²) in [6.45, 7) is 4.14. The molecule has 0 atom stereocenters. The van der Waals surface area contributed by atoms with Gasteiger partial charge in [-0.3, -0.25) is 4.90 Å². The van der Waals surface area contributed by atoms with E-state index in [2.05, 4.69) is 14.9 Å². The molecule has 2 N–H and O–H groups in total. The van der Waals surface area contributed by atoms with Gasteiger partial charge in [-0.15, -0.1) is 0 Å². The predicted octanol–water partition coefficient (Wildman–Crippen LogP) is 1.04. The van der Waals surface area contributed by atoms with Crippen LogP contribution in [0.5, 0.6) is 0 Å². The molecule has 0 saturated carbocycles. The number of hydrogen-bond donors (Lipinski definition) is 1. The molecule has 2 heterocycles. The van der Waals surface area contributed by atoms with Crippen molar-refractivity contribution in [2.75, 3.05) is 19.6 Å². The molecule has 1 aromatic rings. The number of hydrogen-bond acceptors (Lipinski definition) is 4. The fraction of sp³-hybridized carbons (Fsp3) is 0.667. The Bertz CT molecular complexity index is 293. The van der Waals surface area contributed by atoms with E-state index in [4.69, 9.17) is 5.73 Å². The molecular weight excluding hydrogens is 200 g/mol. The van der Waals surface area contributed by atoms with E-state index in [1.165, 1.54) is 32.4 Å². The average Bonchev–Trinajstić information content (AvgIpc) is 2.33. The van der Waals surface area contributed by atoms with Crippen molar-refractivity contribution in [3.8, 4) is 0 Å². The van der Waals surface area contributed by atoms with Crippen LogP contribution in [0.2, 0.25) is 0 Å². The molecule has 1 aliphatic heterocycles. The Labute approximate surface area is 96.9 Å². The van der Waals surface area contributed by atoms with Crippen LogP contribution in [0.3, 0.4) is 0 Å². The van der Waals surface area contributed by atoms with E-state index in [-0.39, 0.29) is 0 Å². The van der Waals surface area contributed by atoms with Gasteiger partial charge in [-0.2, -0.15) is 0 Å². The van der Waals surface area contributed by atoms with Crippen molar-refractivity contribution in [1.82, 2.24) is 14.9 Å². The van der Waals surface area contributed by atoms with E-state index >= 15 is 0 Å². The van der Waals surface area contributed by atoms with Gasteiger partial charge >= 0.3 is 0 Å². The van der Waals surface area contributed by atoms with Crippen LogP contribution >= 0.6 is 0 Å². The van der Waals surface area contributed by atoms with Gasteiger partial charge < -0.3 is 5.73 Å². The van der Waals surface area contributed by atoms with Crippen molar-refractivity contribution >= 4 is 0 Å². The van der Waals surface area contributed by atoms with Crippen molar-refractivity contribution in [3.63, 3.8) is 0 Å². The molecule has 0 amide bonds. The summed E-state index contributed by atoms with van der Waals surface area (Å²) in [6, 6.07) is 1.99. The molecule has 0 aromatic carbocycles.